The Morgan fingerprint density at radius 1 is 1.53 bits per heavy atom. The third-order valence-corrected chi connectivity index (χ3v) is 4.14. The Morgan fingerprint density at radius 3 is 3.11 bits per heavy atom. The fourth-order valence-electron chi connectivity index (χ4n) is 3.15. The van der Waals surface area contributed by atoms with Crippen molar-refractivity contribution >= 4 is 10.9 Å². The van der Waals surface area contributed by atoms with Crippen molar-refractivity contribution < 1.29 is 5.11 Å². The molecule has 19 heavy (non-hydrogen) atoms. The molecule has 1 aromatic heterocycles. The Morgan fingerprint density at radius 2 is 2.37 bits per heavy atom. The van der Waals surface area contributed by atoms with Crippen LogP contribution in [0.2, 0.25) is 0 Å². The maximum Gasteiger partial charge on any atom is 0.0639 e. The van der Waals surface area contributed by atoms with Gasteiger partial charge in [-0.05, 0) is 37.6 Å². The molecule has 0 spiro atoms. The Labute approximate surface area is 113 Å². The first kappa shape index (κ1) is 12.5. The second-order valence-electron chi connectivity index (χ2n) is 5.38. The molecule has 3 rings (SSSR count). The molecule has 0 saturated heterocycles. The number of aliphatic hydroxyl groups is 1. The highest BCUT2D eigenvalue weighted by Gasteiger charge is 2.28. The Hall–Kier alpha value is -1.58. The molecule has 0 fully saturated rings. The number of aromatic amines is 1. The van der Waals surface area contributed by atoms with Gasteiger partial charge in [0.1, 0.15) is 0 Å². The molecule has 0 saturated carbocycles. The van der Waals surface area contributed by atoms with Crippen molar-refractivity contribution in [3.63, 3.8) is 0 Å². The van der Waals surface area contributed by atoms with E-state index in [1.807, 2.05) is 14.0 Å². The van der Waals surface area contributed by atoms with Gasteiger partial charge in [0.2, 0.25) is 0 Å². The van der Waals surface area contributed by atoms with Gasteiger partial charge in [-0.2, -0.15) is 0 Å². The topological polar surface area (TPSA) is 48.0 Å². The number of rotatable bonds is 3. The molecule has 0 amide bonds. The van der Waals surface area contributed by atoms with Crippen LogP contribution >= 0.6 is 0 Å². The third-order valence-electron chi connectivity index (χ3n) is 4.14. The second kappa shape index (κ2) is 4.83. The van der Waals surface area contributed by atoms with Crippen molar-refractivity contribution in [3.8, 4) is 0 Å². The number of hydrogen-bond donors (Lipinski definition) is 3. The van der Waals surface area contributed by atoms with E-state index < -0.39 is 0 Å². The zero-order valence-corrected chi connectivity index (χ0v) is 11.4. The van der Waals surface area contributed by atoms with Gasteiger partial charge < -0.3 is 15.4 Å². The van der Waals surface area contributed by atoms with E-state index in [9.17, 15) is 5.11 Å². The summed E-state index contributed by atoms with van der Waals surface area (Å²) in [6.07, 6.45) is 5.34. The molecule has 0 aliphatic heterocycles. The summed E-state index contributed by atoms with van der Waals surface area (Å²) in [6.45, 7) is 2.11. The molecule has 1 aliphatic carbocycles. The highest BCUT2D eigenvalue weighted by Crippen LogP contribution is 2.37. The van der Waals surface area contributed by atoms with Crippen molar-refractivity contribution in [1.29, 1.82) is 0 Å². The van der Waals surface area contributed by atoms with Gasteiger partial charge in [-0.25, -0.2) is 0 Å². The number of benzene rings is 1. The standard InChI is InChI=1S/C16H20N2O/c1-10(9-19)6-13-12-4-3-5-14-16(12)11(8-18-14)7-15(13)17-2/h3-6,8,13,15,17-19H,7,9H2,1-2H3/b10-6+/t13-,15-/m0/s1. The van der Waals surface area contributed by atoms with Gasteiger partial charge in [-0.3, -0.25) is 0 Å². The number of nitrogens with one attached hydrogen (secondary N) is 2. The van der Waals surface area contributed by atoms with Gasteiger partial charge in [-0.1, -0.05) is 23.8 Å². The molecule has 1 heterocycles. The van der Waals surface area contributed by atoms with E-state index in [4.69, 9.17) is 0 Å². The highest BCUT2D eigenvalue weighted by atomic mass is 16.3. The molecule has 100 valence electrons. The smallest absolute Gasteiger partial charge is 0.0639 e. The molecular formula is C16H20N2O. The molecule has 2 aromatic rings. The number of H-pyrrole nitrogens is 1. The third kappa shape index (κ3) is 1.99. The van der Waals surface area contributed by atoms with E-state index in [2.05, 4.69) is 40.8 Å². The molecule has 3 heteroatoms. The average molecular weight is 256 g/mol. The SMILES string of the molecule is CN[C@H]1Cc2c[nH]c3cccc(c23)[C@@H]1/C=C(\C)CO. The molecule has 0 bridgehead atoms. The number of hydrogen-bond acceptors (Lipinski definition) is 2. The van der Waals surface area contributed by atoms with Crippen molar-refractivity contribution in [2.45, 2.75) is 25.3 Å². The van der Waals surface area contributed by atoms with E-state index in [0.717, 1.165) is 12.0 Å². The first-order chi connectivity index (χ1) is 9.24. The molecule has 2 atom stereocenters. The monoisotopic (exact) mass is 256 g/mol. The Bertz CT molecular complexity index is 627. The lowest BCUT2D eigenvalue weighted by molar-refractivity contribution is 0.330. The number of aromatic nitrogens is 1. The lowest BCUT2D eigenvalue weighted by atomic mass is 9.79. The summed E-state index contributed by atoms with van der Waals surface area (Å²) in [4.78, 5) is 3.35. The summed E-state index contributed by atoms with van der Waals surface area (Å²) in [5.41, 5.74) is 4.98. The fourth-order valence-corrected chi connectivity index (χ4v) is 3.15. The van der Waals surface area contributed by atoms with Crippen molar-refractivity contribution in [2.75, 3.05) is 13.7 Å². The molecule has 3 N–H and O–H groups in total. The van der Waals surface area contributed by atoms with Gasteiger partial charge in [0.05, 0.1) is 6.61 Å². The number of aliphatic hydroxyl groups excluding tert-OH is 1. The highest BCUT2D eigenvalue weighted by molar-refractivity contribution is 5.88. The van der Waals surface area contributed by atoms with Crippen LogP contribution < -0.4 is 5.32 Å². The minimum atomic E-state index is 0.128. The summed E-state index contributed by atoms with van der Waals surface area (Å²) in [5, 5.41) is 14.1. The largest absolute Gasteiger partial charge is 0.392 e. The Kier molecular flexibility index (Phi) is 3.17. The van der Waals surface area contributed by atoms with Gasteiger partial charge in [0.15, 0.2) is 0 Å². The van der Waals surface area contributed by atoms with E-state index in [0.29, 0.717) is 12.0 Å². The van der Waals surface area contributed by atoms with Gasteiger partial charge in [0.25, 0.3) is 0 Å². The summed E-state index contributed by atoms with van der Waals surface area (Å²) >= 11 is 0. The van der Waals surface area contributed by atoms with Gasteiger partial charge in [0, 0.05) is 29.1 Å². The predicted octanol–water partition coefficient (Wildman–Crippen LogP) is 2.33. The van der Waals surface area contributed by atoms with Crippen LogP contribution in [0.1, 0.15) is 24.0 Å². The minimum absolute atomic E-state index is 0.128. The molecule has 3 nitrogen and oxygen atoms in total. The van der Waals surface area contributed by atoms with E-state index >= 15 is 0 Å². The summed E-state index contributed by atoms with van der Waals surface area (Å²) in [6, 6.07) is 6.82. The number of likely N-dealkylation sites (N-methyl/N-ethyl adjacent to an activating group) is 1. The van der Waals surface area contributed by atoms with Crippen LogP contribution in [-0.2, 0) is 6.42 Å². The first-order valence-corrected chi connectivity index (χ1v) is 6.79. The second-order valence-corrected chi connectivity index (χ2v) is 5.38. The lowest BCUT2D eigenvalue weighted by Gasteiger charge is -2.30. The zero-order chi connectivity index (χ0) is 13.4. The molecule has 1 aromatic carbocycles. The minimum Gasteiger partial charge on any atom is -0.392 e. The van der Waals surface area contributed by atoms with Gasteiger partial charge >= 0.3 is 0 Å². The van der Waals surface area contributed by atoms with Crippen LogP contribution in [0, 0.1) is 0 Å². The molecule has 1 aliphatic rings. The normalized spacial score (nSPS) is 23.0. The maximum absolute atomic E-state index is 9.28. The van der Waals surface area contributed by atoms with E-state index in [1.165, 1.54) is 22.0 Å². The molecule has 0 radical (unpaired) electrons. The quantitative estimate of drug-likeness (QED) is 0.738. The van der Waals surface area contributed by atoms with Crippen molar-refractivity contribution in [1.82, 2.24) is 10.3 Å². The molecular weight excluding hydrogens is 236 g/mol. The zero-order valence-electron chi connectivity index (χ0n) is 11.4. The average Bonchev–Trinajstić information content (AvgIpc) is 2.86. The first-order valence-electron chi connectivity index (χ1n) is 6.79. The summed E-state index contributed by atoms with van der Waals surface area (Å²) in [7, 11) is 2.01. The van der Waals surface area contributed by atoms with Crippen LogP contribution in [0.4, 0.5) is 0 Å². The van der Waals surface area contributed by atoms with Crippen LogP contribution in [0.15, 0.2) is 36.0 Å². The summed E-state index contributed by atoms with van der Waals surface area (Å²) < 4.78 is 0. The van der Waals surface area contributed by atoms with Crippen LogP contribution in [0.3, 0.4) is 0 Å². The molecule has 0 unspecified atom stereocenters. The Balaban J connectivity index is 2.17. The van der Waals surface area contributed by atoms with Crippen molar-refractivity contribution in [2.24, 2.45) is 0 Å². The van der Waals surface area contributed by atoms with Crippen molar-refractivity contribution in [3.05, 3.63) is 47.2 Å². The lowest BCUT2D eigenvalue weighted by Crippen LogP contribution is -2.35. The van der Waals surface area contributed by atoms with E-state index in [-0.39, 0.29) is 6.61 Å². The summed E-state index contributed by atoms with van der Waals surface area (Å²) in [5.74, 6) is 0.323. The van der Waals surface area contributed by atoms with Crippen LogP contribution in [0.5, 0.6) is 0 Å². The van der Waals surface area contributed by atoms with Gasteiger partial charge in [-0.15, -0.1) is 0 Å². The van der Waals surface area contributed by atoms with Crippen LogP contribution in [0.25, 0.3) is 10.9 Å². The predicted molar refractivity (Wildman–Crippen MR) is 78.4 cm³/mol. The fraction of sp³-hybridized carbons (Fsp3) is 0.375. The van der Waals surface area contributed by atoms with E-state index in [1.54, 1.807) is 0 Å². The maximum atomic E-state index is 9.28. The van der Waals surface area contributed by atoms with Crippen LogP contribution in [-0.4, -0.2) is 29.8 Å².